The summed E-state index contributed by atoms with van der Waals surface area (Å²) in [7, 11) is 0. The highest BCUT2D eigenvalue weighted by molar-refractivity contribution is 5.87. The van der Waals surface area contributed by atoms with Crippen molar-refractivity contribution in [1.29, 1.82) is 0 Å². The average molecular weight is 273 g/mol. The minimum absolute atomic E-state index is 0.369. The number of nitrogens with zero attached hydrogens (tertiary/aromatic N) is 4. The van der Waals surface area contributed by atoms with Crippen LogP contribution in [0.3, 0.4) is 0 Å². The predicted molar refractivity (Wildman–Crippen MR) is 82.0 cm³/mol. The quantitative estimate of drug-likeness (QED) is 0.910. The molecule has 0 bridgehead atoms. The van der Waals surface area contributed by atoms with Gasteiger partial charge in [-0.05, 0) is 17.5 Å². The monoisotopic (exact) mass is 273 g/mol. The van der Waals surface area contributed by atoms with Gasteiger partial charge in [0.15, 0.2) is 0 Å². The van der Waals surface area contributed by atoms with E-state index in [9.17, 15) is 0 Å². The van der Waals surface area contributed by atoms with E-state index >= 15 is 0 Å². The van der Waals surface area contributed by atoms with E-state index in [2.05, 4.69) is 58.1 Å². The van der Waals surface area contributed by atoms with Gasteiger partial charge in [-0.15, -0.1) is 0 Å². The van der Waals surface area contributed by atoms with Crippen LogP contribution in [0, 0.1) is 5.41 Å². The molecule has 0 spiro atoms. The maximum absolute atomic E-state index is 4.28. The van der Waals surface area contributed by atoms with E-state index in [1.54, 1.807) is 0 Å². The van der Waals surface area contributed by atoms with E-state index < -0.39 is 0 Å². The molecule has 5 heteroatoms. The van der Waals surface area contributed by atoms with Gasteiger partial charge in [-0.3, -0.25) is 4.90 Å². The highest BCUT2D eigenvalue weighted by atomic mass is 15.3. The molecule has 1 aliphatic heterocycles. The standard InChI is InChI=1S/C15H23N5/c1-15(2,3)11-19-7-9-20(10-8-19)13-6-4-5-12-14(13)17-18-16-12/h4-6H,7-11H2,1-3H3,(H,16,17,18). The van der Waals surface area contributed by atoms with Gasteiger partial charge in [0.05, 0.1) is 5.69 Å². The lowest BCUT2D eigenvalue weighted by Gasteiger charge is -2.38. The van der Waals surface area contributed by atoms with Crippen molar-refractivity contribution < 1.29 is 0 Å². The van der Waals surface area contributed by atoms with Crippen LogP contribution in [-0.2, 0) is 0 Å². The highest BCUT2D eigenvalue weighted by Gasteiger charge is 2.22. The van der Waals surface area contributed by atoms with Crippen molar-refractivity contribution in [3.8, 4) is 0 Å². The third-order valence-electron chi connectivity index (χ3n) is 3.74. The van der Waals surface area contributed by atoms with Crippen LogP contribution in [0.5, 0.6) is 0 Å². The molecule has 5 nitrogen and oxygen atoms in total. The minimum Gasteiger partial charge on any atom is -0.367 e. The van der Waals surface area contributed by atoms with Crippen molar-refractivity contribution in [2.45, 2.75) is 20.8 Å². The number of benzene rings is 1. The molecule has 0 aliphatic carbocycles. The molecule has 20 heavy (non-hydrogen) atoms. The Morgan fingerprint density at radius 3 is 2.55 bits per heavy atom. The fourth-order valence-electron chi connectivity index (χ4n) is 2.93. The van der Waals surface area contributed by atoms with Crippen LogP contribution < -0.4 is 4.90 Å². The summed E-state index contributed by atoms with van der Waals surface area (Å²) < 4.78 is 0. The van der Waals surface area contributed by atoms with E-state index in [1.165, 1.54) is 5.69 Å². The number of fused-ring (bicyclic) bond motifs is 1. The fraction of sp³-hybridized carbons (Fsp3) is 0.600. The summed E-state index contributed by atoms with van der Waals surface area (Å²) in [4.78, 5) is 4.98. The maximum Gasteiger partial charge on any atom is 0.136 e. The van der Waals surface area contributed by atoms with Crippen molar-refractivity contribution in [3.63, 3.8) is 0 Å². The predicted octanol–water partition coefficient (Wildman–Crippen LogP) is 2.13. The van der Waals surface area contributed by atoms with Gasteiger partial charge in [0, 0.05) is 32.7 Å². The summed E-state index contributed by atoms with van der Waals surface area (Å²) in [5.74, 6) is 0. The number of H-pyrrole nitrogens is 1. The number of hydrogen-bond acceptors (Lipinski definition) is 4. The molecule has 0 amide bonds. The first kappa shape index (κ1) is 13.4. The zero-order chi connectivity index (χ0) is 14.2. The van der Waals surface area contributed by atoms with Crippen LogP contribution in [0.2, 0.25) is 0 Å². The van der Waals surface area contributed by atoms with Crippen LogP contribution >= 0.6 is 0 Å². The van der Waals surface area contributed by atoms with Crippen molar-refractivity contribution >= 4 is 16.7 Å². The summed E-state index contributed by atoms with van der Waals surface area (Å²) in [6.07, 6.45) is 0. The molecule has 0 atom stereocenters. The molecule has 0 radical (unpaired) electrons. The molecule has 0 unspecified atom stereocenters. The Bertz CT molecular complexity index is 575. The molecular weight excluding hydrogens is 250 g/mol. The number of nitrogens with one attached hydrogen (secondary N) is 1. The lowest BCUT2D eigenvalue weighted by Crippen LogP contribution is -2.48. The topological polar surface area (TPSA) is 48.0 Å². The molecule has 1 aliphatic rings. The summed E-state index contributed by atoms with van der Waals surface area (Å²) in [6.45, 7) is 12.4. The Morgan fingerprint density at radius 2 is 1.85 bits per heavy atom. The van der Waals surface area contributed by atoms with Gasteiger partial charge < -0.3 is 4.90 Å². The molecular formula is C15H23N5. The third kappa shape index (κ3) is 2.77. The third-order valence-corrected chi connectivity index (χ3v) is 3.74. The van der Waals surface area contributed by atoms with Gasteiger partial charge in [0.2, 0.25) is 0 Å². The first-order valence-electron chi connectivity index (χ1n) is 7.30. The van der Waals surface area contributed by atoms with Crippen molar-refractivity contribution in [2.24, 2.45) is 5.41 Å². The second kappa shape index (κ2) is 5.05. The van der Waals surface area contributed by atoms with Gasteiger partial charge in [0.25, 0.3) is 0 Å². The summed E-state index contributed by atoms with van der Waals surface area (Å²) in [5, 5.41) is 11.2. The Kier molecular flexibility index (Phi) is 3.38. The number of para-hydroxylation sites is 1. The molecule has 1 saturated heterocycles. The Labute approximate surface area is 119 Å². The average Bonchev–Trinajstić information content (AvgIpc) is 2.86. The van der Waals surface area contributed by atoms with Crippen molar-refractivity contribution in [3.05, 3.63) is 18.2 Å². The van der Waals surface area contributed by atoms with Crippen molar-refractivity contribution in [2.75, 3.05) is 37.6 Å². The fourth-order valence-corrected chi connectivity index (χ4v) is 2.93. The van der Waals surface area contributed by atoms with Gasteiger partial charge in [0.1, 0.15) is 11.0 Å². The first-order chi connectivity index (χ1) is 9.53. The molecule has 1 fully saturated rings. The Balaban J connectivity index is 1.71. The zero-order valence-electron chi connectivity index (χ0n) is 12.6. The van der Waals surface area contributed by atoms with Crippen molar-refractivity contribution in [1.82, 2.24) is 20.3 Å². The zero-order valence-corrected chi connectivity index (χ0v) is 12.6. The van der Waals surface area contributed by atoms with E-state index in [0.29, 0.717) is 5.41 Å². The van der Waals surface area contributed by atoms with E-state index in [-0.39, 0.29) is 0 Å². The number of hydrogen-bond donors (Lipinski definition) is 1. The van der Waals surface area contributed by atoms with Crippen LogP contribution in [0.4, 0.5) is 5.69 Å². The SMILES string of the molecule is CC(C)(C)CN1CCN(c2cccc3n[nH]nc23)CC1. The van der Waals surface area contributed by atoms with Gasteiger partial charge in [-0.25, -0.2) is 0 Å². The van der Waals surface area contributed by atoms with Gasteiger partial charge in [-0.1, -0.05) is 26.8 Å². The first-order valence-corrected chi connectivity index (χ1v) is 7.30. The summed E-state index contributed by atoms with van der Waals surface area (Å²) >= 11 is 0. The van der Waals surface area contributed by atoms with Gasteiger partial charge >= 0.3 is 0 Å². The normalized spacial score (nSPS) is 17.9. The van der Waals surface area contributed by atoms with E-state index in [1.807, 2.05) is 6.07 Å². The lowest BCUT2D eigenvalue weighted by atomic mass is 9.96. The summed E-state index contributed by atoms with van der Waals surface area (Å²) in [6, 6.07) is 6.20. The number of piperazine rings is 1. The molecule has 1 aromatic heterocycles. The maximum atomic E-state index is 4.28. The number of aromatic amines is 1. The molecule has 1 aromatic carbocycles. The molecule has 2 aromatic rings. The van der Waals surface area contributed by atoms with Crippen LogP contribution in [0.1, 0.15) is 20.8 Å². The number of rotatable bonds is 2. The van der Waals surface area contributed by atoms with Gasteiger partial charge in [-0.2, -0.15) is 15.4 Å². The molecule has 1 N–H and O–H groups in total. The molecule has 108 valence electrons. The summed E-state index contributed by atoms with van der Waals surface area (Å²) in [5.41, 5.74) is 3.50. The smallest absolute Gasteiger partial charge is 0.136 e. The minimum atomic E-state index is 0.369. The van der Waals surface area contributed by atoms with Crippen LogP contribution in [0.15, 0.2) is 18.2 Å². The molecule has 0 saturated carbocycles. The number of anilines is 1. The molecule has 2 heterocycles. The molecule has 3 rings (SSSR count). The van der Waals surface area contributed by atoms with E-state index in [0.717, 1.165) is 43.8 Å². The van der Waals surface area contributed by atoms with Crippen LogP contribution in [0.25, 0.3) is 11.0 Å². The Hall–Kier alpha value is -1.62. The number of aromatic nitrogens is 3. The Morgan fingerprint density at radius 1 is 1.10 bits per heavy atom. The lowest BCUT2D eigenvalue weighted by molar-refractivity contribution is 0.182. The van der Waals surface area contributed by atoms with Crippen LogP contribution in [-0.4, -0.2) is 53.0 Å². The highest BCUT2D eigenvalue weighted by Crippen LogP contribution is 2.25. The second-order valence-corrected chi connectivity index (χ2v) is 6.79. The largest absolute Gasteiger partial charge is 0.367 e. The second-order valence-electron chi connectivity index (χ2n) is 6.79. The van der Waals surface area contributed by atoms with E-state index in [4.69, 9.17) is 0 Å².